The number of rotatable bonds is 6. The Morgan fingerprint density at radius 1 is 1.17 bits per heavy atom. The van der Waals surface area contributed by atoms with Gasteiger partial charge in [-0.05, 0) is 44.0 Å². The van der Waals surface area contributed by atoms with Crippen molar-refractivity contribution >= 4 is 58.0 Å². The number of anilines is 2. The van der Waals surface area contributed by atoms with Crippen LogP contribution < -0.4 is 26.6 Å². The van der Waals surface area contributed by atoms with Gasteiger partial charge in [0.1, 0.15) is 11.6 Å². The molecular weight excluding hydrogens is 573 g/mol. The smallest absolute Gasteiger partial charge is 0.252 e. The zero-order valence-electron chi connectivity index (χ0n) is 22.6. The number of nitrogens with two attached hydrogens (primary N) is 1. The zero-order chi connectivity index (χ0) is 29.6. The van der Waals surface area contributed by atoms with E-state index in [4.69, 9.17) is 33.7 Å². The second-order valence-corrected chi connectivity index (χ2v) is 11.3. The lowest BCUT2D eigenvalue weighted by atomic mass is 9.89. The number of aromatic hydroxyl groups is 1. The lowest BCUT2D eigenvalue weighted by molar-refractivity contribution is -0.129. The molecular formula is C27H31Cl2N7O5. The molecule has 14 heteroatoms. The van der Waals surface area contributed by atoms with Gasteiger partial charge in [0, 0.05) is 25.4 Å². The molecule has 3 aliphatic heterocycles. The number of hydrogen-bond acceptors (Lipinski definition) is 9. The van der Waals surface area contributed by atoms with Gasteiger partial charge in [0.25, 0.3) is 5.91 Å². The number of ether oxygens (including phenoxy) is 1. The minimum absolute atomic E-state index is 0.0310. The largest absolute Gasteiger partial charge is 0.506 e. The molecule has 6 N–H and O–H groups in total. The minimum atomic E-state index is -0.868. The second-order valence-electron chi connectivity index (χ2n) is 10.5. The van der Waals surface area contributed by atoms with Crippen LogP contribution in [0.2, 0.25) is 10.0 Å². The third-order valence-corrected chi connectivity index (χ3v) is 7.81. The number of carbonyl (C=O) groups excluding carboxylic acids is 3. The molecule has 0 radical (unpaired) electrons. The first-order chi connectivity index (χ1) is 19.4. The predicted molar refractivity (Wildman–Crippen MR) is 154 cm³/mol. The van der Waals surface area contributed by atoms with Crippen LogP contribution in [0.15, 0.2) is 30.6 Å². The second kappa shape index (κ2) is 11.4. The van der Waals surface area contributed by atoms with Crippen LogP contribution in [0, 0.1) is 5.92 Å². The Bertz CT molecular complexity index is 1430. The monoisotopic (exact) mass is 603 g/mol. The number of carbonyl (C=O) groups is 3. The van der Waals surface area contributed by atoms with Crippen LogP contribution in [0.4, 0.5) is 11.5 Å². The van der Waals surface area contributed by atoms with Gasteiger partial charge in [-0.2, -0.15) is 0 Å². The van der Waals surface area contributed by atoms with Crippen LogP contribution in [0.25, 0.3) is 5.57 Å². The van der Waals surface area contributed by atoms with Crippen molar-refractivity contribution in [3.05, 3.63) is 51.8 Å². The highest BCUT2D eigenvalue weighted by Gasteiger charge is 2.45. The molecule has 2 saturated heterocycles. The standard InChI is InChI=1S/C27H31Cl2N7O5/c1-12-8-35(9-13(2)41-12)21-6-20(19(29)7-31-21)34-22(37)11-36-10-17(23-26(36)32-14(3)33-27(23)40)15-4-16(25(30)39)24(38)18(28)5-15/h4-7,10,12-14,23,26,32,38H,8-9,11H2,1-3H3,(H2,30,39)(H,33,40)(H,31,34,37)/t12-,13+,14?,23?,26?. The third kappa shape index (κ3) is 5.91. The molecule has 1 aromatic heterocycles. The first kappa shape index (κ1) is 28.9. The first-order valence-electron chi connectivity index (χ1n) is 13.1. The van der Waals surface area contributed by atoms with Crippen molar-refractivity contribution in [2.45, 2.75) is 45.3 Å². The van der Waals surface area contributed by atoms with Gasteiger partial charge in [-0.1, -0.05) is 23.2 Å². The first-order valence-corrected chi connectivity index (χ1v) is 13.9. The molecule has 0 aliphatic carbocycles. The number of fused-ring (bicyclic) bond motifs is 1. The van der Waals surface area contributed by atoms with E-state index in [0.29, 0.717) is 35.7 Å². The summed E-state index contributed by atoms with van der Waals surface area (Å²) in [6.45, 7) is 6.97. The molecule has 2 aromatic rings. The zero-order valence-corrected chi connectivity index (χ0v) is 24.2. The summed E-state index contributed by atoms with van der Waals surface area (Å²) in [7, 11) is 0. The summed E-state index contributed by atoms with van der Waals surface area (Å²) in [6.07, 6.45) is 2.31. The fourth-order valence-corrected chi connectivity index (χ4v) is 5.92. The molecule has 3 amide bonds. The molecule has 1 aromatic carbocycles. The third-order valence-electron chi connectivity index (χ3n) is 7.22. The van der Waals surface area contributed by atoms with Crippen LogP contribution in [-0.2, 0) is 14.3 Å². The van der Waals surface area contributed by atoms with Crippen molar-refractivity contribution in [3.8, 4) is 5.75 Å². The maximum Gasteiger partial charge on any atom is 0.252 e. The number of morpholine rings is 1. The van der Waals surface area contributed by atoms with Crippen LogP contribution in [0.1, 0.15) is 36.7 Å². The number of halogens is 2. The van der Waals surface area contributed by atoms with E-state index in [1.54, 1.807) is 24.1 Å². The van der Waals surface area contributed by atoms with Crippen molar-refractivity contribution in [2.24, 2.45) is 11.7 Å². The Labute approximate surface area is 246 Å². The Morgan fingerprint density at radius 2 is 1.88 bits per heavy atom. The van der Waals surface area contributed by atoms with E-state index in [-0.39, 0.29) is 52.3 Å². The van der Waals surface area contributed by atoms with Crippen molar-refractivity contribution < 1.29 is 24.2 Å². The van der Waals surface area contributed by atoms with Gasteiger partial charge < -0.3 is 36.0 Å². The van der Waals surface area contributed by atoms with Gasteiger partial charge in [-0.3, -0.25) is 19.7 Å². The summed E-state index contributed by atoms with van der Waals surface area (Å²) in [6, 6.07) is 4.57. The van der Waals surface area contributed by atoms with Gasteiger partial charge in [0.2, 0.25) is 11.8 Å². The Morgan fingerprint density at radius 3 is 2.56 bits per heavy atom. The number of aromatic nitrogens is 1. The molecule has 5 atom stereocenters. The number of phenols is 1. The number of nitrogens with one attached hydrogen (secondary N) is 3. The number of nitrogens with zero attached hydrogens (tertiary/aromatic N) is 3. The molecule has 4 heterocycles. The fraction of sp³-hybridized carbons (Fsp3) is 0.407. The van der Waals surface area contributed by atoms with Crippen LogP contribution >= 0.6 is 23.2 Å². The van der Waals surface area contributed by atoms with E-state index in [1.165, 1.54) is 18.3 Å². The summed E-state index contributed by atoms with van der Waals surface area (Å²) < 4.78 is 5.81. The molecule has 218 valence electrons. The highest BCUT2D eigenvalue weighted by Crippen LogP contribution is 2.40. The quantitative estimate of drug-likeness (QED) is 0.333. The topological polar surface area (TPSA) is 162 Å². The van der Waals surface area contributed by atoms with Gasteiger partial charge in [0.15, 0.2) is 0 Å². The molecule has 0 saturated carbocycles. The minimum Gasteiger partial charge on any atom is -0.506 e. The SMILES string of the molecule is CC1NC(=O)C2C(c3cc(Cl)c(O)c(C(N)=O)c3)=CN(CC(=O)Nc3cc(N4C[C@@H](C)O[C@@H](C)C4)ncc3Cl)C2N1. The lowest BCUT2D eigenvalue weighted by Gasteiger charge is -2.37. The van der Waals surface area contributed by atoms with E-state index in [2.05, 4.69) is 25.8 Å². The van der Waals surface area contributed by atoms with Crippen molar-refractivity contribution in [3.63, 3.8) is 0 Å². The van der Waals surface area contributed by atoms with Gasteiger partial charge in [-0.25, -0.2) is 4.98 Å². The average molecular weight is 604 g/mol. The normalized spacial score (nSPS) is 25.8. The summed E-state index contributed by atoms with van der Waals surface area (Å²) in [5.41, 5.74) is 6.58. The van der Waals surface area contributed by atoms with Gasteiger partial charge in [0.05, 0.1) is 64.5 Å². The summed E-state index contributed by atoms with van der Waals surface area (Å²) in [4.78, 5) is 46.5. The van der Waals surface area contributed by atoms with Crippen molar-refractivity contribution in [1.82, 2.24) is 20.5 Å². The lowest BCUT2D eigenvalue weighted by Crippen LogP contribution is -2.63. The maximum atomic E-state index is 13.3. The number of primary amides is 1. The number of pyridine rings is 1. The molecule has 12 nitrogen and oxygen atoms in total. The van der Waals surface area contributed by atoms with Crippen LogP contribution in [0.5, 0.6) is 5.75 Å². The summed E-state index contributed by atoms with van der Waals surface area (Å²) in [5.74, 6) is -2.01. The molecule has 41 heavy (non-hydrogen) atoms. The van der Waals surface area contributed by atoms with Gasteiger partial charge >= 0.3 is 0 Å². The highest BCUT2D eigenvalue weighted by molar-refractivity contribution is 6.33. The van der Waals surface area contributed by atoms with E-state index in [9.17, 15) is 19.5 Å². The van der Waals surface area contributed by atoms with Crippen LogP contribution in [-0.4, -0.2) is 76.9 Å². The summed E-state index contributed by atoms with van der Waals surface area (Å²) in [5, 5.41) is 19.4. The summed E-state index contributed by atoms with van der Waals surface area (Å²) >= 11 is 12.6. The van der Waals surface area contributed by atoms with Crippen molar-refractivity contribution in [2.75, 3.05) is 29.9 Å². The van der Waals surface area contributed by atoms with E-state index < -0.39 is 23.7 Å². The molecule has 3 unspecified atom stereocenters. The van der Waals surface area contributed by atoms with Crippen LogP contribution in [0.3, 0.4) is 0 Å². The Hall–Kier alpha value is -3.58. The van der Waals surface area contributed by atoms with Gasteiger partial charge in [-0.15, -0.1) is 0 Å². The van der Waals surface area contributed by atoms with E-state index >= 15 is 0 Å². The average Bonchev–Trinajstić information content (AvgIpc) is 3.24. The molecule has 2 fully saturated rings. The Balaban J connectivity index is 1.40. The number of hydrogen-bond donors (Lipinski definition) is 5. The number of benzene rings is 1. The predicted octanol–water partition coefficient (Wildman–Crippen LogP) is 2.11. The molecule has 0 bridgehead atoms. The Kier molecular flexibility index (Phi) is 8.02. The highest BCUT2D eigenvalue weighted by atomic mass is 35.5. The molecule has 5 rings (SSSR count). The maximum absolute atomic E-state index is 13.3. The van der Waals surface area contributed by atoms with E-state index in [1.807, 2.05) is 13.8 Å². The molecule has 0 spiro atoms. The van der Waals surface area contributed by atoms with Crippen molar-refractivity contribution in [1.29, 1.82) is 0 Å². The number of amides is 3. The molecule has 3 aliphatic rings. The van der Waals surface area contributed by atoms with E-state index in [0.717, 1.165) is 0 Å². The fourth-order valence-electron chi connectivity index (χ4n) is 5.55.